The molecule has 162 valence electrons. The number of amides is 3. The lowest BCUT2D eigenvalue weighted by molar-refractivity contribution is -0.125. The van der Waals surface area contributed by atoms with Crippen molar-refractivity contribution in [2.24, 2.45) is 0 Å². The molecule has 1 fully saturated rings. The van der Waals surface area contributed by atoms with Crippen LogP contribution >= 0.6 is 0 Å². The lowest BCUT2D eigenvalue weighted by atomic mass is 10.1. The molecule has 2 N–H and O–H groups in total. The highest BCUT2D eigenvalue weighted by Gasteiger charge is 2.32. The van der Waals surface area contributed by atoms with Gasteiger partial charge < -0.3 is 5.32 Å². The van der Waals surface area contributed by atoms with Gasteiger partial charge in [-0.15, -0.1) is 0 Å². The highest BCUT2D eigenvalue weighted by Crippen LogP contribution is 2.20. The summed E-state index contributed by atoms with van der Waals surface area (Å²) >= 11 is 0. The fourth-order valence-corrected chi connectivity index (χ4v) is 4.31. The monoisotopic (exact) mass is 432 g/mol. The molecular formula is C18H26F2N4O4S. The summed E-state index contributed by atoms with van der Waals surface area (Å²) in [6.07, 6.45) is 0. The first-order chi connectivity index (χ1) is 13.3. The lowest BCUT2D eigenvalue weighted by Crippen LogP contribution is -2.57. The van der Waals surface area contributed by atoms with Gasteiger partial charge >= 0.3 is 6.03 Å². The number of halogens is 2. The Hall–Kier alpha value is -2.11. The summed E-state index contributed by atoms with van der Waals surface area (Å²) in [7, 11) is -3.97. The molecule has 1 unspecified atom stereocenters. The molecule has 1 saturated heterocycles. The zero-order valence-corrected chi connectivity index (χ0v) is 17.6. The molecule has 1 aromatic carbocycles. The number of rotatable bonds is 4. The third-order valence-electron chi connectivity index (χ3n) is 4.45. The van der Waals surface area contributed by atoms with E-state index in [1.807, 2.05) is 0 Å². The van der Waals surface area contributed by atoms with Gasteiger partial charge in [-0.05, 0) is 45.9 Å². The standard InChI is InChI=1S/C18H26F2N4O4S/c1-12(16(25)21-17(26)22-18(2,3)4)23-7-9-24(10-8-23)29(27,28)13-5-6-14(19)15(20)11-13/h5-6,11-12H,7-10H2,1-4H3,(H2,21,22,25,26). The molecular weight excluding hydrogens is 406 g/mol. The molecule has 0 spiro atoms. The topological polar surface area (TPSA) is 98.8 Å². The van der Waals surface area contributed by atoms with E-state index in [4.69, 9.17) is 0 Å². The zero-order valence-electron chi connectivity index (χ0n) is 16.8. The largest absolute Gasteiger partial charge is 0.333 e. The minimum atomic E-state index is -3.97. The second-order valence-electron chi connectivity index (χ2n) is 7.89. The molecule has 0 aromatic heterocycles. The molecule has 1 atom stereocenters. The van der Waals surface area contributed by atoms with Gasteiger partial charge in [0.1, 0.15) is 0 Å². The minimum Gasteiger partial charge on any atom is -0.333 e. The van der Waals surface area contributed by atoms with Gasteiger partial charge in [-0.1, -0.05) is 0 Å². The number of hydrogen-bond acceptors (Lipinski definition) is 5. The van der Waals surface area contributed by atoms with E-state index >= 15 is 0 Å². The number of imide groups is 1. The van der Waals surface area contributed by atoms with Gasteiger partial charge in [-0.2, -0.15) is 4.31 Å². The van der Waals surface area contributed by atoms with Crippen LogP contribution in [0.1, 0.15) is 27.7 Å². The molecule has 0 bridgehead atoms. The predicted octanol–water partition coefficient (Wildman–Crippen LogP) is 1.28. The second-order valence-corrected chi connectivity index (χ2v) is 9.82. The van der Waals surface area contributed by atoms with E-state index in [0.29, 0.717) is 6.07 Å². The maximum absolute atomic E-state index is 13.4. The van der Waals surface area contributed by atoms with E-state index in [-0.39, 0.29) is 31.1 Å². The Morgan fingerprint density at radius 1 is 1.07 bits per heavy atom. The number of nitrogens with zero attached hydrogens (tertiary/aromatic N) is 2. The molecule has 1 aliphatic heterocycles. The van der Waals surface area contributed by atoms with Crippen molar-refractivity contribution in [3.8, 4) is 0 Å². The first kappa shape index (κ1) is 23.2. The van der Waals surface area contributed by atoms with E-state index in [2.05, 4.69) is 10.6 Å². The lowest BCUT2D eigenvalue weighted by Gasteiger charge is -2.36. The van der Waals surface area contributed by atoms with Crippen molar-refractivity contribution in [3.05, 3.63) is 29.8 Å². The Kier molecular flexibility index (Phi) is 6.97. The highest BCUT2D eigenvalue weighted by atomic mass is 32.2. The molecule has 0 aliphatic carbocycles. The van der Waals surface area contributed by atoms with Crippen LogP contribution in [0.2, 0.25) is 0 Å². The third kappa shape index (κ3) is 5.94. The molecule has 8 nitrogen and oxygen atoms in total. The Bertz CT molecular complexity index is 878. The van der Waals surface area contributed by atoms with Crippen LogP contribution in [-0.4, -0.2) is 67.3 Å². The summed E-state index contributed by atoms with van der Waals surface area (Å²) < 4.78 is 52.9. The van der Waals surface area contributed by atoms with E-state index in [9.17, 15) is 26.8 Å². The van der Waals surface area contributed by atoms with E-state index < -0.39 is 45.2 Å². The molecule has 11 heteroatoms. The molecule has 0 saturated carbocycles. The SMILES string of the molecule is CC(C(=O)NC(=O)NC(C)(C)C)N1CCN(S(=O)(=O)c2ccc(F)c(F)c2)CC1. The van der Waals surface area contributed by atoms with Crippen molar-refractivity contribution in [1.82, 2.24) is 19.8 Å². The number of nitrogens with one attached hydrogen (secondary N) is 2. The molecule has 1 aromatic rings. The maximum atomic E-state index is 13.4. The molecule has 0 radical (unpaired) electrons. The first-order valence-electron chi connectivity index (χ1n) is 9.13. The summed E-state index contributed by atoms with van der Waals surface area (Å²) in [6, 6.07) is 1.20. The Morgan fingerprint density at radius 2 is 1.66 bits per heavy atom. The number of urea groups is 1. The molecule has 29 heavy (non-hydrogen) atoms. The predicted molar refractivity (Wildman–Crippen MR) is 103 cm³/mol. The van der Waals surface area contributed by atoms with Gasteiger partial charge in [-0.3, -0.25) is 15.0 Å². The number of carbonyl (C=O) groups excluding carboxylic acids is 2. The van der Waals surface area contributed by atoms with Gasteiger partial charge in [0, 0.05) is 31.7 Å². The van der Waals surface area contributed by atoms with E-state index in [1.54, 1.807) is 32.6 Å². The van der Waals surface area contributed by atoms with Crippen LogP contribution < -0.4 is 10.6 Å². The van der Waals surface area contributed by atoms with Crippen molar-refractivity contribution < 1.29 is 26.8 Å². The van der Waals surface area contributed by atoms with Crippen molar-refractivity contribution in [2.75, 3.05) is 26.2 Å². The number of benzene rings is 1. The normalized spacial score (nSPS) is 17.6. The second kappa shape index (κ2) is 8.72. The van der Waals surface area contributed by atoms with Gasteiger partial charge in [-0.25, -0.2) is 22.0 Å². The van der Waals surface area contributed by atoms with Crippen molar-refractivity contribution >= 4 is 22.0 Å². The quantitative estimate of drug-likeness (QED) is 0.747. The summed E-state index contributed by atoms with van der Waals surface area (Å²) in [5.41, 5.74) is -0.493. The van der Waals surface area contributed by atoms with Crippen LogP contribution in [0.15, 0.2) is 23.1 Å². The maximum Gasteiger partial charge on any atom is 0.321 e. The van der Waals surface area contributed by atoms with Crippen molar-refractivity contribution in [1.29, 1.82) is 0 Å². The number of carbonyl (C=O) groups is 2. The number of piperazine rings is 1. The third-order valence-corrected chi connectivity index (χ3v) is 6.35. The fraction of sp³-hybridized carbons (Fsp3) is 0.556. The van der Waals surface area contributed by atoms with Crippen LogP contribution in [0.5, 0.6) is 0 Å². The van der Waals surface area contributed by atoms with Crippen LogP contribution in [0.4, 0.5) is 13.6 Å². The summed E-state index contributed by atoms with van der Waals surface area (Å²) in [6.45, 7) is 7.63. The summed E-state index contributed by atoms with van der Waals surface area (Å²) in [5, 5.41) is 4.90. The van der Waals surface area contributed by atoms with Crippen molar-refractivity contribution in [2.45, 2.75) is 44.2 Å². The van der Waals surface area contributed by atoms with E-state index in [1.165, 1.54) is 0 Å². The Balaban J connectivity index is 1.96. The van der Waals surface area contributed by atoms with Crippen LogP contribution in [0, 0.1) is 11.6 Å². The first-order valence-corrected chi connectivity index (χ1v) is 10.6. The van der Waals surface area contributed by atoms with E-state index in [0.717, 1.165) is 16.4 Å². The number of hydrogen-bond donors (Lipinski definition) is 2. The number of sulfonamides is 1. The molecule has 1 heterocycles. The average molecular weight is 432 g/mol. The van der Waals surface area contributed by atoms with Crippen LogP contribution in [0.3, 0.4) is 0 Å². The zero-order chi connectivity index (χ0) is 22.0. The van der Waals surface area contributed by atoms with Gasteiger partial charge in [0.15, 0.2) is 11.6 Å². The van der Waals surface area contributed by atoms with Crippen molar-refractivity contribution in [3.63, 3.8) is 0 Å². The average Bonchev–Trinajstić information content (AvgIpc) is 2.61. The molecule has 1 aliphatic rings. The van der Waals surface area contributed by atoms with Crippen LogP contribution in [0.25, 0.3) is 0 Å². The van der Waals surface area contributed by atoms with Gasteiger partial charge in [0.05, 0.1) is 10.9 Å². The Morgan fingerprint density at radius 3 is 2.17 bits per heavy atom. The summed E-state index contributed by atoms with van der Waals surface area (Å²) in [4.78, 5) is 25.5. The molecule has 3 amide bonds. The van der Waals surface area contributed by atoms with Crippen LogP contribution in [-0.2, 0) is 14.8 Å². The highest BCUT2D eigenvalue weighted by molar-refractivity contribution is 7.89. The van der Waals surface area contributed by atoms with Gasteiger partial charge in [0.2, 0.25) is 15.9 Å². The Labute approximate surface area is 169 Å². The summed E-state index contributed by atoms with van der Waals surface area (Å²) in [5.74, 6) is -2.85. The molecule has 2 rings (SSSR count). The minimum absolute atomic E-state index is 0.0765. The van der Waals surface area contributed by atoms with Gasteiger partial charge in [0.25, 0.3) is 0 Å². The fourth-order valence-electron chi connectivity index (χ4n) is 2.87. The smallest absolute Gasteiger partial charge is 0.321 e.